The van der Waals surface area contributed by atoms with Gasteiger partial charge in [-0.25, -0.2) is 0 Å². The van der Waals surface area contributed by atoms with Gasteiger partial charge in [0.25, 0.3) is 0 Å². The first kappa shape index (κ1) is 12.3. The summed E-state index contributed by atoms with van der Waals surface area (Å²) < 4.78 is 9.75. The fraction of sp³-hybridized carbons (Fsp3) is 0.500. The van der Waals surface area contributed by atoms with Gasteiger partial charge < -0.3 is 0 Å². The van der Waals surface area contributed by atoms with Crippen LogP contribution in [-0.4, -0.2) is 6.66 Å². The van der Waals surface area contributed by atoms with Crippen molar-refractivity contribution in [2.45, 2.75) is 19.8 Å². The van der Waals surface area contributed by atoms with Crippen LogP contribution in [0.25, 0.3) is 0 Å². The summed E-state index contributed by atoms with van der Waals surface area (Å²) in [5.74, 6) is -2.69. The number of halogens is 2. The van der Waals surface area contributed by atoms with Gasteiger partial charge in [0.05, 0.1) is 0 Å². The van der Waals surface area contributed by atoms with Crippen LogP contribution in [0.4, 0.5) is 0 Å². The minimum absolute atomic E-state index is 1.23. The van der Waals surface area contributed by atoms with Gasteiger partial charge in [0.15, 0.2) is 0 Å². The van der Waals surface area contributed by atoms with Crippen LogP contribution in [0.3, 0.4) is 0 Å². The van der Waals surface area contributed by atoms with Crippen molar-refractivity contribution in [3.05, 3.63) is 23.8 Å². The quantitative estimate of drug-likeness (QED) is 0.554. The smallest absolute Gasteiger partial charge is 0.250 e. The average molecular weight is 227 g/mol. The van der Waals surface area contributed by atoms with Gasteiger partial charge >= 0.3 is 0 Å². The molecule has 0 N–H and O–H groups in total. The predicted molar refractivity (Wildman–Crippen MR) is 57.4 cm³/mol. The van der Waals surface area contributed by atoms with Gasteiger partial charge in [-0.3, -0.25) is 4.57 Å². The first-order valence-electron chi connectivity index (χ1n) is 3.70. The van der Waals surface area contributed by atoms with E-state index in [4.69, 9.17) is 22.5 Å². The van der Waals surface area contributed by atoms with E-state index in [2.05, 4.69) is 25.2 Å². The number of allylic oxidation sites excluding steroid dienone is 4. The molecule has 0 bridgehead atoms. The van der Waals surface area contributed by atoms with E-state index in [-0.39, 0.29) is 0 Å². The summed E-state index contributed by atoms with van der Waals surface area (Å²) in [5.41, 5.74) is 1.41. The maximum Gasteiger partial charge on any atom is 0.250 e. The maximum atomic E-state index is 9.75. The molecule has 4 heteroatoms. The Bertz CT molecular complexity index is 219. The van der Waals surface area contributed by atoms with Crippen LogP contribution in [0.1, 0.15) is 19.8 Å². The summed E-state index contributed by atoms with van der Waals surface area (Å²) >= 11 is 9.70. The van der Waals surface area contributed by atoms with E-state index < -0.39 is 5.85 Å². The van der Waals surface area contributed by atoms with Crippen LogP contribution < -0.4 is 0 Å². The highest BCUT2D eigenvalue weighted by molar-refractivity contribution is 8.08. The summed E-state index contributed by atoms with van der Waals surface area (Å²) in [7, 11) is 0. The monoisotopic (exact) mass is 226 g/mol. The van der Waals surface area contributed by atoms with Gasteiger partial charge in [0.2, 0.25) is 5.85 Å². The zero-order valence-corrected chi connectivity index (χ0v) is 9.66. The number of hydrogen-bond acceptors (Lipinski definition) is 1. The first-order valence-corrected chi connectivity index (χ1v) is 7.66. The van der Waals surface area contributed by atoms with Crippen molar-refractivity contribution < 1.29 is 4.57 Å². The molecule has 1 rings (SSSR count). The van der Waals surface area contributed by atoms with Gasteiger partial charge in [-0.05, 0) is 42.2 Å². The van der Waals surface area contributed by atoms with Crippen molar-refractivity contribution in [2.24, 2.45) is 0 Å². The van der Waals surface area contributed by atoms with Crippen molar-refractivity contribution in [1.82, 2.24) is 0 Å². The third-order valence-electron chi connectivity index (χ3n) is 1.18. The van der Waals surface area contributed by atoms with Crippen molar-refractivity contribution in [1.29, 1.82) is 0 Å². The molecule has 0 saturated carbocycles. The number of hydrogen-bond donors (Lipinski definition) is 0. The van der Waals surface area contributed by atoms with Gasteiger partial charge in [0, 0.05) is 6.66 Å². The molecular weight excluding hydrogens is 214 g/mol. The second-order valence-electron chi connectivity index (χ2n) is 2.65. The minimum Gasteiger partial charge on any atom is -0.290 e. The van der Waals surface area contributed by atoms with Crippen LogP contribution >= 0.6 is 28.3 Å². The largest absolute Gasteiger partial charge is 0.290 e. The molecule has 1 aliphatic rings. The summed E-state index contributed by atoms with van der Waals surface area (Å²) in [4.78, 5) is 0. The lowest BCUT2D eigenvalue weighted by Gasteiger charge is -1.96. The van der Waals surface area contributed by atoms with E-state index in [9.17, 15) is 4.57 Å². The Hall–Kier alpha value is 0.290. The Kier molecular flexibility index (Phi) is 6.00. The van der Waals surface area contributed by atoms with Crippen molar-refractivity contribution >= 4 is 28.3 Å². The third kappa shape index (κ3) is 12.9. The van der Waals surface area contributed by atoms with Crippen LogP contribution in [0.15, 0.2) is 23.8 Å². The maximum absolute atomic E-state index is 9.75. The fourth-order valence-electron chi connectivity index (χ4n) is 0.744. The van der Waals surface area contributed by atoms with Gasteiger partial charge in [-0.2, -0.15) is 0 Å². The number of rotatable bonds is 0. The van der Waals surface area contributed by atoms with E-state index in [1.54, 1.807) is 0 Å². The molecule has 1 nitrogen and oxygen atoms in total. The zero-order chi connectivity index (χ0) is 9.61. The summed E-state index contributed by atoms with van der Waals surface area (Å²) in [6, 6.07) is 0. The van der Waals surface area contributed by atoms with Gasteiger partial charge in [-0.1, -0.05) is 23.8 Å². The average Bonchev–Trinajstić information content (AvgIpc) is 1.85. The highest BCUT2D eigenvalue weighted by atomic mass is 35.9. The normalized spacial score (nSPS) is 16.2. The second-order valence-corrected chi connectivity index (χ2v) is 8.49. The molecule has 0 unspecified atom stereocenters. The van der Waals surface area contributed by atoms with Gasteiger partial charge in [-0.15, -0.1) is 0 Å². The molecule has 0 aromatic carbocycles. The lowest BCUT2D eigenvalue weighted by molar-refractivity contribution is 0.595. The molecule has 0 heterocycles. The van der Waals surface area contributed by atoms with Crippen LogP contribution in [0.2, 0.25) is 0 Å². The highest BCUT2D eigenvalue weighted by Gasteiger charge is 1.98. The van der Waals surface area contributed by atoms with E-state index in [0.717, 1.165) is 0 Å². The Morgan fingerprint density at radius 2 is 1.92 bits per heavy atom. The summed E-state index contributed by atoms with van der Waals surface area (Å²) in [6.07, 6.45) is 9.12. The Morgan fingerprint density at radius 3 is 2.08 bits per heavy atom. The fourth-order valence-corrected chi connectivity index (χ4v) is 0.744. The SMILES string of the molecule is CC1=CCCC=C1.CP(=O)(Cl)Cl. The highest BCUT2D eigenvalue weighted by Crippen LogP contribution is 2.52. The Morgan fingerprint density at radius 1 is 1.42 bits per heavy atom. The third-order valence-corrected chi connectivity index (χ3v) is 1.18. The minimum atomic E-state index is -2.69. The van der Waals surface area contributed by atoms with E-state index >= 15 is 0 Å². The molecule has 12 heavy (non-hydrogen) atoms. The van der Waals surface area contributed by atoms with Crippen LogP contribution in [0, 0.1) is 0 Å². The molecular formula is C8H13Cl2OP. The topological polar surface area (TPSA) is 17.1 Å². The molecule has 0 saturated heterocycles. The lowest BCUT2D eigenvalue weighted by Crippen LogP contribution is -1.76. The van der Waals surface area contributed by atoms with Crippen molar-refractivity contribution in [3.8, 4) is 0 Å². The van der Waals surface area contributed by atoms with Crippen molar-refractivity contribution in [2.75, 3.05) is 6.66 Å². The molecule has 0 aromatic rings. The predicted octanol–water partition coefficient (Wildman–Crippen LogP) is 4.57. The molecule has 0 aliphatic heterocycles. The molecule has 0 fully saturated rings. The van der Waals surface area contributed by atoms with E-state index in [1.807, 2.05) is 0 Å². The Balaban J connectivity index is 0.000000217. The molecule has 0 spiro atoms. The molecule has 0 aromatic heterocycles. The summed E-state index contributed by atoms with van der Waals surface area (Å²) in [5, 5.41) is 0. The van der Waals surface area contributed by atoms with Gasteiger partial charge in [0.1, 0.15) is 0 Å². The van der Waals surface area contributed by atoms with E-state index in [0.29, 0.717) is 0 Å². The first-order chi connectivity index (χ1) is 5.39. The molecule has 0 atom stereocenters. The zero-order valence-electron chi connectivity index (χ0n) is 7.26. The van der Waals surface area contributed by atoms with E-state index in [1.165, 1.54) is 25.1 Å². The Labute approximate surface area is 83.4 Å². The van der Waals surface area contributed by atoms with Crippen LogP contribution in [0.5, 0.6) is 0 Å². The molecule has 0 radical (unpaired) electrons. The summed E-state index contributed by atoms with van der Waals surface area (Å²) in [6.45, 7) is 3.41. The standard InChI is InChI=1S/C7H10.CH3Cl2OP/c1-7-5-3-2-4-6-7;1-5(2,3)4/h3,5-6H,2,4H2,1H3;1H3. The lowest BCUT2D eigenvalue weighted by atomic mass is 10.1. The second kappa shape index (κ2) is 5.85. The molecule has 0 amide bonds. The molecule has 70 valence electrons. The van der Waals surface area contributed by atoms with Crippen molar-refractivity contribution in [3.63, 3.8) is 0 Å². The molecule has 1 aliphatic carbocycles. The van der Waals surface area contributed by atoms with Crippen LogP contribution in [-0.2, 0) is 4.57 Å².